The van der Waals surface area contributed by atoms with Crippen LogP contribution in [-0.2, 0) is 14.3 Å². The van der Waals surface area contributed by atoms with Crippen LogP contribution in [0.1, 0.15) is 6.42 Å². The molecular weight excluding hydrogens is 204 g/mol. The van der Waals surface area contributed by atoms with Crippen LogP contribution in [0.25, 0.3) is 0 Å². The average molecular weight is 218 g/mol. The monoisotopic (exact) mass is 218 g/mol. The van der Waals surface area contributed by atoms with E-state index in [2.05, 4.69) is 17.5 Å². The molecule has 0 aromatic rings. The van der Waals surface area contributed by atoms with Crippen LogP contribution < -0.4 is 11.1 Å². The Labute approximate surface area is 87.9 Å². The number of hydrogen-bond acceptors (Lipinski definition) is 4. The van der Waals surface area contributed by atoms with E-state index in [1.807, 2.05) is 0 Å². The smallest absolute Gasteiger partial charge is 0.226 e. The van der Waals surface area contributed by atoms with Crippen LogP contribution in [0.2, 0.25) is 0 Å². The second-order valence-corrected chi connectivity index (χ2v) is 3.54. The van der Waals surface area contributed by atoms with E-state index in [-0.39, 0.29) is 23.4 Å². The van der Waals surface area contributed by atoms with Crippen molar-refractivity contribution in [2.24, 2.45) is 5.73 Å². The Kier molecular flexibility index (Phi) is 4.78. The number of carbonyl (C=O) groups is 1. The Balaban J connectivity index is 2.12. The molecule has 0 bridgehead atoms. The summed E-state index contributed by atoms with van der Waals surface area (Å²) in [5.41, 5.74) is 5.22. The molecular formula is C8H14N2O3S. The van der Waals surface area contributed by atoms with Gasteiger partial charge in [0.1, 0.15) is 0 Å². The number of thiocarbonyl (C=S) groups is 1. The number of carbonyl (C=O) groups excluding carboxylic acids is 1. The highest BCUT2D eigenvalue weighted by atomic mass is 32.1. The number of rotatable bonds is 4. The number of nitrogens with one attached hydrogen (secondary N) is 1. The highest BCUT2D eigenvalue weighted by molar-refractivity contribution is 7.80. The summed E-state index contributed by atoms with van der Waals surface area (Å²) in [6, 6.07) is 0. The molecule has 0 saturated carbocycles. The minimum Gasteiger partial charge on any atom is -0.393 e. The quantitative estimate of drug-likeness (QED) is 0.604. The molecule has 3 N–H and O–H groups in total. The second kappa shape index (κ2) is 5.90. The Morgan fingerprint density at radius 3 is 2.93 bits per heavy atom. The number of nitrogens with two attached hydrogens (primary N) is 1. The largest absolute Gasteiger partial charge is 0.393 e. The third-order valence-corrected chi connectivity index (χ3v) is 1.89. The normalized spacial score (nSPS) is 21.6. The highest BCUT2D eigenvalue weighted by Gasteiger charge is 2.15. The van der Waals surface area contributed by atoms with Crippen molar-refractivity contribution in [1.82, 2.24) is 5.32 Å². The molecule has 0 aromatic heterocycles. The summed E-state index contributed by atoms with van der Waals surface area (Å²) in [5, 5.41) is 2.67. The fourth-order valence-corrected chi connectivity index (χ4v) is 1.23. The van der Waals surface area contributed by atoms with E-state index in [9.17, 15) is 4.79 Å². The number of hydrogen-bond donors (Lipinski definition) is 2. The van der Waals surface area contributed by atoms with Crippen LogP contribution in [-0.4, -0.2) is 43.4 Å². The van der Waals surface area contributed by atoms with Crippen LogP contribution in [0.5, 0.6) is 0 Å². The van der Waals surface area contributed by atoms with Crippen LogP contribution in [0.4, 0.5) is 0 Å². The summed E-state index contributed by atoms with van der Waals surface area (Å²) in [6.07, 6.45) is 0.0298. The van der Waals surface area contributed by atoms with Crippen molar-refractivity contribution in [2.75, 3.05) is 26.4 Å². The molecule has 0 radical (unpaired) electrons. The molecule has 0 aromatic carbocycles. The van der Waals surface area contributed by atoms with Gasteiger partial charge in [0, 0.05) is 6.54 Å². The third kappa shape index (κ3) is 4.50. The summed E-state index contributed by atoms with van der Waals surface area (Å²) >= 11 is 4.60. The first-order chi connectivity index (χ1) is 6.68. The molecule has 0 aliphatic carbocycles. The van der Waals surface area contributed by atoms with Crippen molar-refractivity contribution in [3.05, 3.63) is 0 Å². The van der Waals surface area contributed by atoms with Gasteiger partial charge in [-0.05, 0) is 0 Å². The van der Waals surface area contributed by atoms with Crippen molar-refractivity contribution >= 4 is 23.1 Å². The van der Waals surface area contributed by atoms with Gasteiger partial charge in [0.2, 0.25) is 5.91 Å². The van der Waals surface area contributed by atoms with Gasteiger partial charge >= 0.3 is 0 Å². The third-order valence-electron chi connectivity index (χ3n) is 1.75. The zero-order valence-electron chi connectivity index (χ0n) is 7.82. The minimum atomic E-state index is -0.174. The van der Waals surface area contributed by atoms with E-state index >= 15 is 0 Å². The molecule has 1 amide bonds. The summed E-state index contributed by atoms with van der Waals surface area (Å²) in [7, 11) is 0. The van der Waals surface area contributed by atoms with Crippen LogP contribution in [0, 0.1) is 0 Å². The molecule has 1 unspecified atom stereocenters. The Morgan fingerprint density at radius 1 is 1.57 bits per heavy atom. The summed E-state index contributed by atoms with van der Waals surface area (Å²) < 4.78 is 10.5. The molecule has 80 valence electrons. The van der Waals surface area contributed by atoms with Crippen molar-refractivity contribution in [1.29, 1.82) is 0 Å². The Hall–Kier alpha value is -0.720. The molecule has 0 spiro atoms. The van der Waals surface area contributed by atoms with Crippen molar-refractivity contribution < 1.29 is 14.3 Å². The van der Waals surface area contributed by atoms with E-state index in [1.54, 1.807) is 0 Å². The van der Waals surface area contributed by atoms with E-state index in [0.29, 0.717) is 26.4 Å². The molecule has 1 heterocycles. The predicted molar refractivity (Wildman–Crippen MR) is 55.0 cm³/mol. The molecule has 1 rings (SSSR count). The van der Waals surface area contributed by atoms with E-state index in [4.69, 9.17) is 15.2 Å². The molecule has 6 heteroatoms. The molecule has 1 aliphatic heterocycles. The van der Waals surface area contributed by atoms with Gasteiger partial charge in [-0.15, -0.1) is 0 Å². The van der Waals surface area contributed by atoms with Gasteiger partial charge in [-0.25, -0.2) is 0 Å². The van der Waals surface area contributed by atoms with E-state index in [0.717, 1.165) is 0 Å². The number of amides is 1. The van der Waals surface area contributed by atoms with Gasteiger partial charge in [0.25, 0.3) is 0 Å². The van der Waals surface area contributed by atoms with Gasteiger partial charge < -0.3 is 20.5 Å². The van der Waals surface area contributed by atoms with Crippen LogP contribution in [0.3, 0.4) is 0 Å². The topological polar surface area (TPSA) is 73.6 Å². The lowest BCUT2D eigenvalue weighted by atomic mass is 10.3. The predicted octanol–water partition coefficient (Wildman–Crippen LogP) is -0.806. The van der Waals surface area contributed by atoms with E-state index < -0.39 is 0 Å². The van der Waals surface area contributed by atoms with E-state index in [1.165, 1.54) is 0 Å². The standard InChI is InChI=1S/C8H14N2O3S/c9-7(14)3-8(11)10-4-6-5-12-1-2-13-6/h6H,1-5H2,(H2,9,14)(H,10,11). The van der Waals surface area contributed by atoms with Gasteiger partial charge in [0.15, 0.2) is 0 Å². The first kappa shape index (κ1) is 11.4. The SMILES string of the molecule is NC(=S)CC(=O)NCC1COCCO1. The lowest BCUT2D eigenvalue weighted by Crippen LogP contribution is -2.40. The molecule has 1 saturated heterocycles. The average Bonchev–Trinajstić information content (AvgIpc) is 2.15. The lowest BCUT2D eigenvalue weighted by Gasteiger charge is -2.22. The maximum absolute atomic E-state index is 11.1. The van der Waals surface area contributed by atoms with Gasteiger partial charge in [-0.3, -0.25) is 4.79 Å². The van der Waals surface area contributed by atoms with Crippen molar-refractivity contribution in [3.8, 4) is 0 Å². The molecule has 1 atom stereocenters. The first-order valence-corrected chi connectivity index (χ1v) is 4.83. The fraction of sp³-hybridized carbons (Fsp3) is 0.750. The van der Waals surface area contributed by atoms with Crippen LogP contribution >= 0.6 is 12.2 Å². The fourth-order valence-electron chi connectivity index (χ4n) is 1.10. The van der Waals surface area contributed by atoms with Crippen LogP contribution in [0.15, 0.2) is 0 Å². The first-order valence-electron chi connectivity index (χ1n) is 4.43. The zero-order valence-corrected chi connectivity index (χ0v) is 8.64. The number of ether oxygens (including phenoxy) is 2. The summed E-state index contributed by atoms with van der Waals surface area (Å²) in [5.74, 6) is -0.174. The molecule has 1 fully saturated rings. The zero-order chi connectivity index (χ0) is 10.4. The lowest BCUT2D eigenvalue weighted by molar-refractivity contribution is -0.122. The summed E-state index contributed by atoms with van der Waals surface area (Å²) in [4.78, 5) is 11.3. The summed E-state index contributed by atoms with van der Waals surface area (Å²) in [6.45, 7) is 2.17. The molecule has 1 aliphatic rings. The van der Waals surface area contributed by atoms with Gasteiger partial charge in [-0.2, -0.15) is 0 Å². The van der Waals surface area contributed by atoms with Gasteiger partial charge in [0.05, 0.1) is 37.3 Å². The second-order valence-electron chi connectivity index (χ2n) is 3.01. The maximum atomic E-state index is 11.1. The molecule has 5 nitrogen and oxygen atoms in total. The Morgan fingerprint density at radius 2 is 2.36 bits per heavy atom. The minimum absolute atomic E-state index is 0.0564. The molecule has 14 heavy (non-hydrogen) atoms. The van der Waals surface area contributed by atoms with Crippen molar-refractivity contribution in [2.45, 2.75) is 12.5 Å². The van der Waals surface area contributed by atoms with Gasteiger partial charge in [-0.1, -0.05) is 12.2 Å². The Bertz CT molecular complexity index is 217. The van der Waals surface area contributed by atoms with Crippen molar-refractivity contribution in [3.63, 3.8) is 0 Å². The maximum Gasteiger partial charge on any atom is 0.226 e. The highest BCUT2D eigenvalue weighted by Crippen LogP contribution is 1.98.